The third-order valence-corrected chi connectivity index (χ3v) is 3.20. The molecule has 2 aromatic carbocycles. The molecule has 0 aliphatic rings. The van der Waals surface area contributed by atoms with Crippen molar-refractivity contribution in [3.63, 3.8) is 0 Å². The van der Waals surface area contributed by atoms with E-state index >= 15 is 0 Å². The van der Waals surface area contributed by atoms with Crippen molar-refractivity contribution in [1.29, 1.82) is 0 Å². The molecule has 1 aromatic heterocycles. The third kappa shape index (κ3) is 2.28. The average Bonchev–Trinajstić information content (AvgIpc) is 2.51. The van der Waals surface area contributed by atoms with Crippen LogP contribution in [-0.4, -0.2) is 17.2 Å². The van der Waals surface area contributed by atoms with Gasteiger partial charge in [-0.2, -0.15) is 5.10 Å². The van der Waals surface area contributed by atoms with E-state index in [1.54, 1.807) is 0 Å². The van der Waals surface area contributed by atoms with E-state index in [4.69, 9.17) is 4.74 Å². The number of ether oxygens (including phenoxy) is 1. The molecule has 0 radical (unpaired) electrons. The summed E-state index contributed by atoms with van der Waals surface area (Å²) in [5, 5.41) is 13.4. The second-order valence-electron chi connectivity index (χ2n) is 4.51. The summed E-state index contributed by atoms with van der Waals surface area (Å²) in [6.07, 6.45) is 0. The maximum Gasteiger partial charge on any atom is 0.246 e. The molecule has 3 rings (SSSR count). The topological polar surface area (TPSA) is 47.0 Å². The summed E-state index contributed by atoms with van der Waals surface area (Å²) < 4.78 is 5.84. The number of benzene rings is 2. The zero-order valence-corrected chi connectivity index (χ0v) is 11.4. The maximum absolute atomic E-state index is 5.84. The van der Waals surface area contributed by atoms with E-state index < -0.39 is 0 Å². The lowest BCUT2D eigenvalue weighted by atomic mass is 10.1. The summed E-state index contributed by atoms with van der Waals surface area (Å²) in [4.78, 5) is 0. The van der Waals surface area contributed by atoms with Crippen molar-refractivity contribution >= 4 is 16.5 Å². The summed E-state index contributed by atoms with van der Waals surface area (Å²) in [6.45, 7) is 1.95. The van der Waals surface area contributed by atoms with Crippen LogP contribution in [0.25, 0.3) is 10.8 Å². The van der Waals surface area contributed by atoms with Crippen LogP contribution in [-0.2, 0) is 0 Å². The van der Waals surface area contributed by atoms with Crippen LogP contribution >= 0.6 is 0 Å². The number of aromatic nitrogens is 2. The predicted molar refractivity (Wildman–Crippen MR) is 80.3 cm³/mol. The molecule has 0 atom stereocenters. The molecule has 0 saturated carbocycles. The number of rotatable bonds is 3. The molecule has 4 heteroatoms. The summed E-state index contributed by atoms with van der Waals surface area (Å²) >= 11 is 0. The Balaban J connectivity index is 2.00. The van der Waals surface area contributed by atoms with E-state index in [0.29, 0.717) is 5.88 Å². The molecule has 0 bridgehead atoms. The molecule has 0 amide bonds. The molecule has 0 saturated heterocycles. The van der Waals surface area contributed by atoms with E-state index in [9.17, 15) is 0 Å². The van der Waals surface area contributed by atoms with Gasteiger partial charge in [0, 0.05) is 23.5 Å². The lowest BCUT2D eigenvalue weighted by Gasteiger charge is -2.09. The normalized spacial score (nSPS) is 10.5. The van der Waals surface area contributed by atoms with Crippen LogP contribution in [0.2, 0.25) is 0 Å². The monoisotopic (exact) mass is 265 g/mol. The number of fused-ring (bicyclic) bond motifs is 1. The standard InChI is InChI=1S/C16H15N3O/c1-11-14-5-3-4-6-15(14)16(19-18-11)20-13-9-7-12(17-2)8-10-13/h3-10,17H,1-2H3. The van der Waals surface area contributed by atoms with E-state index in [0.717, 1.165) is 27.9 Å². The molecular weight excluding hydrogens is 250 g/mol. The molecule has 0 aliphatic carbocycles. The van der Waals surface area contributed by atoms with Gasteiger partial charge in [-0.05, 0) is 37.3 Å². The van der Waals surface area contributed by atoms with Crippen molar-refractivity contribution in [2.24, 2.45) is 0 Å². The molecular formula is C16H15N3O. The van der Waals surface area contributed by atoms with Crippen LogP contribution in [0.3, 0.4) is 0 Å². The van der Waals surface area contributed by atoms with Gasteiger partial charge < -0.3 is 10.1 Å². The lowest BCUT2D eigenvalue weighted by Crippen LogP contribution is -1.95. The Kier molecular flexibility index (Phi) is 3.21. The zero-order chi connectivity index (χ0) is 13.9. The Morgan fingerprint density at radius 2 is 1.60 bits per heavy atom. The van der Waals surface area contributed by atoms with Crippen LogP contribution in [0.5, 0.6) is 11.6 Å². The minimum atomic E-state index is 0.531. The average molecular weight is 265 g/mol. The van der Waals surface area contributed by atoms with Gasteiger partial charge in [0.15, 0.2) is 0 Å². The first-order valence-electron chi connectivity index (χ1n) is 6.45. The maximum atomic E-state index is 5.84. The van der Waals surface area contributed by atoms with E-state index in [2.05, 4.69) is 15.5 Å². The highest BCUT2D eigenvalue weighted by Crippen LogP contribution is 2.28. The fraction of sp³-hybridized carbons (Fsp3) is 0.125. The number of nitrogens with zero attached hydrogens (tertiary/aromatic N) is 2. The van der Waals surface area contributed by atoms with Gasteiger partial charge in [0.2, 0.25) is 5.88 Å². The highest BCUT2D eigenvalue weighted by molar-refractivity contribution is 5.88. The molecule has 1 heterocycles. The summed E-state index contributed by atoms with van der Waals surface area (Å²) in [7, 11) is 1.88. The molecule has 0 spiro atoms. The van der Waals surface area contributed by atoms with Crippen LogP contribution in [0, 0.1) is 6.92 Å². The van der Waals surface area contributed by atoms with Gasteiger partial charge in [-0.3, -0.25) is 0 Å². The lowest BCUT2D eigenvalue weighted by molar-refractivity contribution is 0.461. The predicted octanol–water partition coefficient (Wildman–Crippen LogP) is 3.77. The summed E-state index contributed by atoms with van der Waals surface area (Å²) in [5.41, 5.74) is 1.94. The van der Waals surface area contributed by atoms with Gasteiger partial charge in [0.05, 0.1) is 5.69 Å². The molecule has 20 heavy (non-hydrogen) atoms. The Labute approximate surface area is 117 Å². The fourth-order valence-electron chi connectivity index (χ4n) is 2.09. The minimum absolute atomic E-state index is 0.531. The van der Waals surface area contributed by atoms with Gasteiger partial charge >= 0.3 is 0 Å². The fourth-order valence-corrected chi connectivity index (χ4v) is 2.09. The molecule has 0 aliphatic heterocycles. The van der Waals surface area contributed by atoms with Gasteiger partial charge in [-0.15, -0.1) is 5.10 Å². The number of anilines is 1. The Hall–Kier alpha value is -2.62. The SMILES string of the molecule is CNc1ccc(Oc2nnc(C)c3ccccc23)cc1. The smallest absolute Gasteiger partial charge is 0.246 e. The van der Waals surface area contributed by atoms with Crippen molar-refractivity contribution in [1.82, 2.24) is 10.2 Å². The van der Waals surface area contributed by atoms with Crippen LogP contribution in [0.15, 0.2) is 48.5 Å². The van der Waals surface area contributed by atoms with Crippen LogP contribution in [0.4, 0.5) is 5.69 Å². The Morgan fingerprint density at radius 1 is 0.900 bits per heavy atom. The minimum Gasteiger partial charge on any atom is -0.437 e. The van der Waals surface area contributed by atoms with Gasteiger partial charge in [0.1, 0.15) is 5.75 Å². The molecule has 3 aromatic rings. The van der Waals surface area contributed by atoms with Crippen molar-refractivity contribution < 1.29 is 4.74 Å². The van der Waals surface area contributed by atoms with Crippen LogP contribution in [0.1, 0.15) is 5.69 Å². The van der Waals surface area contributed by atoms with Crippen molar-refractivity contribution in [2.75, 3.05) is 12.4 Å². The van der Waals surface area contributed by atoms with Gasteiger partial charge in [-0.1, -0.05) is 18.2 Å². The van der Waals surface area contributed by atoms with Gasteiger partial charge in [0.25, 0.3) is 0 Å². The quantitative estimate of drug-likeness (QED) is 0.783. The third-order valence-electron chi connectivity index (χ3n) is 3.20. The zero-order valence-electron chi connectivity index (χ0n) is 11.4. The van der Waals surface area contributed by atoms with Crippen LogP contribution < -0.4 is 10.1 Å². The first kappa shape index (κ1) is 12.4. The molecule has 4 nitrogen and oxygen atoms in total. The second kappa shape index (κ2) is 5.17. The van der Waals surface area contributed by atoms with Crippen molar-refractivity contribution in [3.8, 4) is 11.6 Å². The molecule has 100 valence electrons. The largest absolute Gasteiger partial charge is 0.437 e. The highest BCUT2D eigenvalue weighted by Gasteiger charge is 2.08. The van der Waals surface area contributed by atoms with Gasteiger partial charge in [-0.25, -0.2) is 0 Å². The van der Waals surface area contributed by atoms with E-state index in [-0.39, 0.29) is 0 Å². The first-order valence-corrected chi connectivity index (χ1v) is 6.45. The second-order valence-corrected chi connectivity index (χ2v) is 4.51. The number of hydrogen-bond donors (Lipinski definition) is 1. The number of hydrogen-bond acceptors (Lipinski definition) is 4. The molecule has 0 unspecified atom stereocenters. The first-order chi connectivity index (χ1) is 9.78. The van der Waals surface area contributed by atoms with E-state index in [1.807, 2.05) is 62.5 Å². The number of nitrogens with one attached hydrogen (secondary N) is 1. The number of aryl methyl sites for hydroxylation is 1. The highest BCUT2D eigenvalue weighted by atomic mass is 16.5. The summed E-state index contributed by atoms with van der Waals surface area (Å²) in [6, 6.07) is 15.7. The van der Waals surface area contributed by atoms with Crippen molar-refractivity contribution in [2.45, 2.75) is 6.92 Å². The summed E-state index contributed by atoms with van der Waals surface area (Å²) in [5.74, 6) is 1.27. The van der Waals surface area contributed by atoms with E-state index in [1.165, 1.54) is 0 Å². The Morgan fingerprint density at radius 3 is 2.30 bits per heavy atom. The molecule has 0 fully saturated rings. The Bertz CT molecular complexity index is 738. The molecule has 1 N–H and O–H groups in total. The van der Waals surface area contributed by atoms with Crippen molar-refractivity contribution in [3.05, 3.63) is 54.2 Å².